The Morgan fingerprint density at radius 2 is 1.32 bits per heavy atom. The van der Waals surface area contributed by atoms with E-state index >= 15 is 0 Å². The molecular weight excluding hydrogens is 580 g/mol. The van der Waals surface area contributed by atoms with E-state index in [1.54, 1.807) is 7.11 Å². The van der Waals surface area contributed by atoms with Crippen molar-refractivity contribution in [3.63, 3.8) is 0 Å². The van der Waals surface area contributed by atoms with Crippen LogP contribution in [0.15, 0.2) is 114 Å². The standard InChI is InChI=1S/C42H52N2O3/c1-31(30-46-42(6,7)40(2,3)27-28-45-8)41(4,5)47-37-25-23-35(24-26-37)39-29-38(43-44(39)36-17-13-10-14-18-36)34-21-19-33(20-22-34)32-15-11-9-12-16-32/h9-26,31,39H,27-30H2,1-8H3. The molecule has 0 saturated heterocycles. The Morgan fingerprint density at radius 3 is 1.94 bits per heavy atom. The van der Waals surface area contributed by atoms with E-state index in [1.165, 1.54) is 16.7 Å². The molecule has 0 aromatic heterocycles. The van der Waals surface area contributed by atoms with Gasteiger partial charge in [-0.3, -0.25) is 5.01 Å². The van der Waals surface area contributed by atoms with Gasteiger partial charge < -0.3 is 14.2 Å². The third kappa shape index (κ3) is 8.14. The summed E-state index contributed by atoms with van der Waals surface area (Å²) in [5, 5.41) is 7.33. The third-order valence-corrected chi connectivity index (χ3v) is 10.3. The maximum atomic E-state index is 6.60. The summed E-state index contributed by atoms with van der Waals surface area (Å²) < 4.78 is 18.5. The van der Waals surface area contributed by atoms with Gasteiger partial charge in [0.15, 0.2) is 0 Å². The molecular formula is C42H52N2O3. The van der Waals surface area contributed by atoms with Crippen molar-refractivity contribution in [2.24, 2.45) is 16.4 Å². The zero-order valence-corrected chi connectivity index (χ0v) is 29.5. The van der Waals surface area contributed by atoms with Crippen LogP contribution in [0.25, 0.3) is 11.1 Å². The van der Waals surface area contributed by atoms with E-state index in [0.29, 0.717) is 6.61 Å². The Labute approximate surface area is 282 Å². The lowest BCUT2D eigenvalue weighted by atomic mass is 9.74. The maximum absolute atomic E-state index is 6.60. The minimum absolute atomic E-state index is 0.0212. The topological polar surface area (TPSA) is 43.3 Å². The number of rotatable bonds is 14. The van der Waals surface area contributed by atoms with E-state index < -0.39 is 5.60 Å². The van der Waals surface area contributed by atoms with Crippen LogP contribution in [-0.2, 0) is 9.47 Å². The summed E-state index contributed by atoms with van der Waals surface area (Å²) >= 11 is 0. The van der Waals surface area contributed by atoms with E-state index in [4.69, 9.17) is 19.3 Å². The first-order valence-electron chi connectivity index (χ1n) is 16.9. The van der Waals surface area contributed by atoms with E-state index in [1.807, 2.05) is 12.1 Å². The number of anilines is 1. The highest BCUT2D eigenvalue weighted by Crippen LogP contribution is 2.40. The maximum Gasteiger partial charge on any atom is 0.120 e. The fourth-order valence-electron chi connectivity index (χ4n) is 5.80. The summed E-state index contributed by atoms with van der Waals surface area (Å²) in [6.45, 7) is 16.7. The molecule has 1 aliphatic heterocycles. The van der Waals surface area contributed by atoms with Crippen molar-refractivity contribution < 1.29 is 14.2 Å². The van der Waals surface area contributed by atoms with Crippen molar-refractivity contribution >= 4 is 11.4 Å². The first-order valence-corrected chi connectivity index (χ1v) is 16.9. The lowest BCUT2D eigenvalue weighted by molar-refractivity contribution is -0.130. The molecule has 0 spiro atoms. The molecule has 1 heterocycles. The predicted molar refractivity (Wildman–Crippen MR) is 195 cm³/mol. The number of methoxy groups -OCH3 is 1. The number of nitrogens with zero attached hydrogens (tertiary/aromatic N) is 2. The predicted octanol–water partition coefficient (Wildman–Crippen LogP) is 10.4. The number of benzene rings is 4. The summed E-state index contributed by atoms with van der Waals surface area (Å²) in [6.07, 6.45) is 1.75. The van der Waals surface area contributed by atoms with Gasteiger partial charge in [0.05, 0.1) is 29.6 Å². The molecule has 0 fully saturated rings. The van der Waals surface area contributed by atoms with Crippen LogP contribution in [0.4, 0.5) is 5.69 Å². The van der Waals surface area contributed by atoms with Crippen LogP contribution in [0.1, 0.15) is 78.5 Å². The lowest BCUT2D eigenvalue weighted by Crippen LogP contribution is -2.46. The molecule has 5 rings (SSSR count). The second-order valence-electron chi connectivity index (χ2n) is 14.5. The van der Waals surface area contributed by atoms with Crippen molar-refractivity contribution in [2.75, 3.05) is 25.3 Å². The number of hydrogen-bond donors (Lipinski definition) is 0. The molecule has 0 saturated carbocycles. The quantitative estimate of drug-likeness (QED) is 0.139. The van der Waals surface area contributed by atoms with Crippen LogP contribution in [-0.4, -0.2) is 37.2 Å². The second kappa shape index (κ2) is 14.5. The van der Waals surface area contributed by atoms with Gasteiger partial charge in [0, 0.05) is 26.1 Å². The highest BCUT2D eigenvalue weighted by atomic mass is 16.5. The van der Waals surface area contributed by atoms with E-state index in [2.05, 4.69) is 151 Å². The van der Waals surface area contributed by atoms with Crippen LogP contribution in [0.3, 0.4) is 0 Å². The summed E-state index contributed by atoms with van der Waals surface area (Å²) in [5.41, 5.74) is 6.21. The van der Waals surface area contributed by atoms with Crippen LogP contribution in [0.2, 0.25) is 0 Å². The van der Waals surface area contributed by atoms with E-state index in [-0.39, 0.29) is 23.0 Å². The van der Waals surface area contributed by atoms with Gasteiger partial charge in [-0.1, -0.05) is 106 Å². The van der Waals surface area contributed by atoms with Crippen LogP contribution in [0, 0.1) is 11.3 Å². The Bertz CT molecular complexity index is 1590. The lowest BCUT2D eigenvalue weighted by Gasteiger charge is -2.43. The third-order valence-electron chi connectivity index (χ3n) is 10.3. The minimum Gasteiger partial charge on any atom is -0.488 e. The molecule has 0 aliphatic carbocycles. The van der Waals surface area contributed by atoms with Crippen molar-refractivity contribution in [1.29, 1.82) is 0 Å². The normalized spacial score (nSPS) is 16.2. The van der Waals surface area contributed by atoms with Gasteiger partial charge in [0.25, 0.3) is 0 Å². The largest absolute Gasteiger partial charge is 0.488 e. The zero-order valence-electron chi connectivity index (χ0n) is 29.5. The first kappa shape index (κ1) is 34.4. The Kier molecular flexibility index (Phi) is 10.6. The zero-order chi connectivity index (χ0) is 33.7. The molecule has 5 heteroatoms. The molecule has 0 bridgehead atoms. The average molecular weight is 633 g/mol. The fraction of sp³-hybridized carbons (Fsp3) is 0.405. The highest BCUT2D eigenvalue weighted by Gasteiger charge is 2.39. The minimum atomic E-state index is -0.417. The molecule has 2 unspecified atom stereocenters. The molecule has 2 atom stereocenters. The molecule has 248 valence electrons. The van der Waals surface area contributed by atoms with Crippen LogP contribution >= 0.6 is 0 Å². The number of hydrogen-bond acceptors (Lipinski definition) is 5. The molecule has 0 radical (unpaired) electrons. The van der Waals surface area contributed by atoms with Gasteiger partial charge in [-0.15, -0.1) is 0 Å². The second-order valence-corrected chi connectivity index (χ2v) is 14.5. The van der Waals surface area contributed by atoms with E-state index in [0.717, 1.165) is 42.2 Å². The van der Waals surface area contributed by atoms with Crippen molar-refractivity contribution in [3.8, 4) is 16.9 Å². The molecule has 1 aliphatic rings. The monoisotopic (exact) mass is 632 g/mol. The summed E-state index contributed by atoms with van der Waals surface area (Å²) in [7, 11) is 1.75. The van der Waals surface area contributed by atoms with Crippen molar-refractivity contribution in [1.82, 2.24) is 0 Å². The first-order chi connectivity index (χ1) is 22.4. The molecule has 5 nitrogen and oxygen atoms in total. The summed E-state index contributed by atoms with van der Waals surface area (Å²) in [5.74, 6) is 1.03. The molecule has 0 N–H and O–H groups in total. The number of ether oxygens (including phenoxy) is 3. The number of hydrazone groups is 1. The van der Waals surface area contributed by atoms with Crippen molar-refractivity contribution in [3.05, 3.63) is 120 Å². The Balaban J connectivity index is 1.28. The van der Waals surface area contributed by atoms with Gasteiger partial charge in [-0.2, -0.15) is 5.10 Å². The van der Waals surface area contributed by atoms with Gasteiger partial charge in [0.1, 0.15) is 11.4 Å². The summed E-state index contributed by atoms with van der Waals surface area (Å²) in [4.78, 5) is 0. The van der Waals surface area contributed by atoms with Gasteiger partial charge in [-0.25, -0.2) is 0 Å². The highest BCUT2D eigenvalue weighted by molar-refractivity contribution is 6.03. The Hall–Kier alpha value is -3.93. The molecule has 0 amide bonds. The van der Waals surface area contributed by atoms with Crippen molar-refractivity contribution in [2.45, 2.75) is 78.6 Å². The average Bonchev–Trinajstić information content (AvgIpc) is 3.53. The van der Waals surface area contributed by atoms with Gasteiger partial charge in [-0.05, 0) is 86.1 Å². The smallest absolute Gasteiger partial charge is 0.120 e. The van der Waals surface area contributed by atoms with Crippen LogP contribution in [0.5, 0.6) is 5.75 Å². The molecule has 4 aromatic carbocycles. The SMILES string of the molecule is COCCC(C)(C)C(C)(C)OCC(C)C(C)(C)Oc1ccc(C2CC(c3ccc(-c4ccccc4)cc3)=NN2c2ccccc2)cc1. The van der Waals surface area contributed by atoms with Gasteiger partial charge >= 0.3 is 0 Å². The molecule has 47 heavy (non-hydrogen) atoms. The van der Waals surface area contributed by atoms with E-state index in [9.17, 15) is 0 Å². The fourth-order valence-corrected chi connectivity index (χ4v) is 5.80. The molecule has 4 aromatic rings. The van der Waals surface area contributed by atoms with Gasteiger partial charge in [0.2, 0.25) is 0 Å². The Morgan fingerprint density at radius 1 is 0.745 bits per heavy atom. The number of para-hydroxylation sites is 1. The summed E-state index contributed by atoms with van der Waals surface area (Å²) in [6, 6.07) is 38.3. The van der Waals surface area contributed by atoms with Crippen LogP contribution < -0.4 is 9.75 Å².